The van der Waals surface area contributed by atoms with Crippen molar-refractivity contribution < 1.29 is 9.53 Å². The van der Waals surface area contributed by atoms with E-state index in [9.17, 15) is 4.79 Å². The molecule has 1 atom stereocenters. The van der Waals surface area contributed by atoms with Crippen LogP contribution in [0.2, 0.25) is 0 Å². The first kappa shape index (κ1) is 14.3. The van der Waals surface area contributed by atoms with Crippen LogP contribution >= 0.6 is 0 Å². The maximum atomic E-state index is 12.3. The number of amides is 2. The fraction of sp³-hybridized carbons (Fsp3) is 0.333. The number of hydrogen-bond donors (Lipinski definition) is 0. The van der Waals surface area contributed by atoms with E-state index in [0.29, 0.717) is 18.8 Å². The quantitative estimate of drug-likeness (QED) is 0.794. The Morgan fingerprint density at radius 2 is 2.20 bits per heavy atom. The molecule has 1 saturated heterocycles. The van der Waals surface area contributed by atoms with Crippen LogP contribution in [0.25, 0.3) is 5.70 Å². The summed E-state index contributed by atoms with van der Waals surface area (Å²) in [6, 6.07) is 9.54. The van der Waals surface area contributed by atoms with Gasteiger partial charge in [-0.1, -0.05) is 30.3 Å². The van der Waals surface area contributed by atoms with Gasteiger partial charge < -0.3 is 9.64 Å². The summed E-state index contributed by atoms with van der Waals surface area (Å²) in [6.45, 7) is 6.63. The number of aliphatic imine (C=N–C) groups is 1. The van der Waals surface area contributed by atoms with Gasteiger partial charge in [0.1, 0.15) is 6.23 Å². The van der Waals surface area contributed by atoms with Crippen molar-refractivity contribution in [1.82, 2.24) is 9.80 Å². The van der Waals surface area contributed by atoms with Gasteiger partial charge in [0, 0.05) is 25.4 Å². The zero-order valence-corrected chi connectivity index (χ0v) is 11.8. The molecule has 1 aromatic carbocycles. The van der Waals surface area contributed by atoms with Crippen molar-refractivity contribution in [2.75, 3.05) is 20.2 Å². The Morgan fingerprint density at radius 3 is 2.75 bits per heavy atom. The van der Waals surface area contributed by atoms with E-state index in [1.807, 2.05) is 37.3 Å². The summed E-state index contributed by atoms with van der Waals surface area (Å²) in [6.07, 6.45) is 1.51. The normalized spacial score (nSPS) is 19.0. The van der Waals surface area contributed by atoms with Gasteiger partial charge in [-0.2, -0.15) is 0 Å². The molecule has 0 radical (unpaired) electrons. The predicted octanol–water partition coefficient (Wildman–Crippen LogP) is 2.42. The van der Waals surface area contributed by atoms with Crippen molar-refractivity contribution in [3.8, 4) is 0 Å². The first-order chi connectivity index (χ1) is 9.63. The molecule has 1 heterocycles. The number of rotatable bonds is 3. The van der Waals surface area contributed by atoms with Crippen molar-refractivity contribution in [3.63, 3.8) is 0 Å². The molecule has 2 rings (SSSR count). The highest BCUT2D eigenvalue weighted by atomic mass is 16.5. The Kier molecular flexibility index (Phi) is 4.53. The molecule has 20 heavy (non-hydrogen) atoms. The first-order valence-electron chi connectivity index (χ1n) is 6.52. The molecule has 0 bridgehead atoms. The largest absolute Gasteiger partial charge is 0.357 e. The van der Waals surface area contributed by atoms with Crippen LogP contribution in [0.3, 0.4) is 0 Å². The molecule has 1 aliphatic rings. The number of carbonyl (C=O) groups excluding carboxylic acids is 1. The number of urea groups is 1. The molecule has 5 heteroatoms. The molecule has 1 aliphatic heterocycles. The van der Waals surface area contributed by atoms with E-state index in [1.165, 1.54) is 4.90 Å². The second kappa shape index (κ2) is 6.34. The van der Waals surface area contributed by atoms with Gasteiger partial charge in [0.25, 0.3) is 0 Å². The lowest BCUT2D eigenvalue weighted by atomic mass is 10.2. The van der Waals surface area contributed by atoms with Gasteiger partial charge in [-0.3, -0.25) is 9.89 Å². The highest BCUT2D eigenvalue weighted by Crippen LogP contribution is 2.17. The predicted molar refractivity (Wildman–Crippen MR) is 79.2 cm³/mol. The summed E-state index contributed by atoms with van der Waals surface area (Å²) in [5.74, 6) is 0. The van der Waals surface area contributed by atoms with Crippen molar-refractivity contribution in [2.45, 2.75) is 13.2 Å². The van der Waals surface area contributed by atoms with Gasteiger partial charge in [-0.05, 0) is 13.6 Å². The van der Waals surface area contributed by atoms with Crippen LogP contribution in [0.15, 0.2) is 41.5 Å². The van der Waals surface area contributed by atoms with Gasteiger partial charge >= 0.3 is 6.03 Å². The van der Waals surface area contributed by atoms with Crippen LogP contribution in [0, 0.1) is 0 Å². The van der Waals surface area contributed by atoms with Crippen molar-refractivity contribution in [3.05, 3.63) is 42.1 Å². The molecule has 0 aromatic heterocycles. The number of hydrogen-bond acceptors (Lipinski definition) is 3. The summed E-state index contributed by atoms with van der Waals surface area (Å²) in [5, 5.41) is 0. The molecule has 2 amide bonds. The standard InChI is InChI=1S/C15H19N3O2/c1-12-18(9-10-20-12)15(19)17(3)11-14(16-2)13-7-5-4-6-8-13/h4-8,11-12H,2,9-10H2,1,3H3. The van der Waals surface area contributed by atoms with E-state index >= 15 is 0 Å². The minimum atomic E-state index is -0.185. The minimum absolute atomic E-state index is 0.105. The van der Waals surface area contributed by atoms with Crippen LogP contribution in [0.1, 0.15) is 12.5 Å². The number of ether oxygens (including phenoxy) is 1. The Morgan fingerprint density at radius 1 is 1.50 bits per heavy atom. The van der Waals surface area contributed by atoms with E-state index in [4.69, 9.17) is 4.74 Å². The Labute approximate surface area is 119 Å². The lowest BCUT2D eigenvalue weighted by Crippen LogP contribution is -2.41. The van der Waals surface area contributed by atoms with E-state index < -0.39 is 0 Å². The fourth-order valence-electron chi connectivity index (χ4n) is 2.10. The molecule has 1 aromatic rings. The van der Waals surface area contributed by atoms with E-state index in [-0.39, 0.29) is 12.3 Å². The third-order valence-corrected chi connectivity index (χ3v) is 3.23. The van der Waals surface area contributed by atoms with Crippen LogP contribution < -0.4 is 0 Å². The number of benzene rings is 1. The third kappa shape index (κ3) is 3.05. The van der Waals surface area contributed by atoms with Gasteiger partial charge in [0.2, 0.25) is 0 Å². The molecule has 1 fully saturated rings. The first-order valence-corrected chi connectivity index (χ1v) is 6.52. The molecular formula is C15H19N3O2. The van der Waals surface area contributed by atoms with Crippen molar-refractivity contribution in [1.29, 1.82) is 0 Å². The molecule has 106 valence electrons. The molecule has 0 aliphatic carbocycles. The van der Waals surface area contributed by atoms with E-state index in [0.717, 1.165) is 5.56 Å². The van der Waals surface area contributed by atoms with Gasteiger partial charge in [0.05, 0.1) is 12.3 Å². The van der Waals surface area contributed by atoms with E-state index in [2.05, 4.69) is 11.7 Å². The molecule has 0 saturated carbocycles. The summed E-state index contributed by atoms with van der Waals surface area (Å²) in [4.78, 5) is 19.5. The van der Waals surface area contributed by atoms with Crippen molar-refractivity contribution >= 4 is 18.4 Å². The molecule has 0 N–H and O–H groups in total. The second-order valence-electron chi connectivity index (χ2n) is 4.60. The highest BCUT2D eigenvalue weighted by molar-refractivity contribution is 5.78. The molecular weight excluding hydrogens is 254 g/mol. The molecule has 1 unspecified atom stereocenters. The molecule has 5 nitrogen and oxygen atoms in total. The average molecular weight is 273 g/mol. The topological polar surface area (TPSA) is 45.1 Å². The van der Waals surface area contributed by atoms with Crippen LogP contribution in [-0.4, -0.2) is 49.0 Å². The SMILES string of the molecule is C=NC(=CN(C)C(=O)N1CCOC1C)c1ccccc1. The summed E-state index contributed by atoms with van der Waals surface area (Å²) < 4.78 is 5.37. The maximum absolute atomic E-state index is 12.3. The lowest BCUT2D eigenvalue weighted by Gasteiger charge is -2.24. The van der Waals surface area contributed by atoms with Gasteiger partial charge in [-0.25, -0.2) is 4.79 Å². The lowest BCUT2D eigenvalue weighted by molar-refractivity contribution is 0.0593. The fourth-order valence-corrected chi connectivity index (χ4v) is 2.10. The second-order valence-corrected chi connectivity index (χ2v) is 4.60. The summed E-state index contributed by atoms with van der Waals surface area (Å²) in [7, 11) is 1.71. The van der Waals surface area contributed by atoms with Gasteiger partial charge in [-0.15, -0.1) is 0 Å². The number of nitrogens with zero attached hydrogens (tertiary/aromatic N) is 3. The Hall–Kier alpha value is -2.14. The maximum Gasteiger partial charge on any atom is 0.325 e. The van der Waals surface area contributed by atoms with Gasteiger partial charge in [0.15, 0.2) is 0 Å². The third-order valence-electron chi connectivity index (χ3n) is 3.23. The zero-order valence-electron chi connectivity index (χ0n) is 11.8. The zero-order chi connectivity index (χ0) is 14.5. The number of carbonyl (C=O) groups is 1. The Balaban J connectivity index is 2.15. The van der Waals surface area contributed by atoms with Crippen LogP contribution in [0.5, 0.6) is 0 Å². The van der Waals surface area contributed by atoms with Crippen LogP contribution in [-0.2, 0) is 4.74 Å². The van der Waals surface area contributed by atoms with Crippen molar-refractivity contribution in [2.24, 2.45) is 4.99 Å². The van der Waals surface area contributed by atoms with E-state index in [1.54, 1.807) is 18.1 Å². The minimum Gasteiger partial charge on any atom is -0.357 e. The molecule has 0 spiro atoms. The summed E-state index contributed by atoms with van der Waals surface area (Å²) >= 11 is 0. The highest BCUT2D eigenvalue weighted by Gasteiger charge is 2.27. The van der Waals surface area contributed by atoms with Crippen LogP contribution in [0.4, 0.5) is 4.79 Å². The average Bonchev–Trinajstić information content (AvgIpc) is 2.90. The monoisotopic (exact) mass is 273 g/mol. The summed E-state index contributed by atoms with van der Waals surface area (Å²) in [5.41, 5.74) is 1.59. The smallest absolute Gasteiger partial charge is 0.325 e. The Bertz CT molecular complexity index is 513.